The van der Waals surface area contributed by atoms with Gasteiger partial charge in [0.15, 0.2) is 0 Å². The molecule has 3 nitrogen and oxygen atoms in total. The fourth-order valence-electron chi connectivity index (χ4n) is 3.14. The van der Waals surface area contributed by atoms with Gasteiger partial charge in [0.05, 0.1) is 11.6 Å². The summed E-state index contributed by atoms with van der Waals surface area (Å²) < 4.78 is 5.80. The SMILES string of the molecule is CCNC(CC1CCCO1)c1ccc2nc(C)ccc2c1. The maximum atomic E-state index is 5.80. The van der Waals surface area contributed by atoms with Crippen molar-refractivity contribution in [2.24, 2.45) is 0 Å². The van der Waals surface area contributed by atoms with Crippen LogP contribution in [0.2, 0.25) is 0 Å². The molecule has 2 unspecified atom stereocenters. The van der Waals surface area contributed by atoms with Crippen LogP contribution in [0.25, 0.3) is 10.9 Å². The summed E-state index contributed by atoms with van der Waals surface area (Å²) >= 11 is 0. The molecule has 21 heavy (non-hydrogen) atoms. The Bertz CT molecular complexity index is 605. The van der Waals surface area contributed by atoms with Crippen LogP contribution in [0.5, 0.6) is 0 Å². The van der Waals surface area contributed by atoms with E-state index < -0.39 is 0 Å². The molecular weight excluding hydrogens is 260 g/mol. The van der Waals surface area contributed by atoms with E-state index in [9.17, 15) is 0 Å². The first-order chi connectivity index (χ1) is 10.3. The summed E-state index contributed by atoms with van der Waals surface area (Å²) in [6.45, 7) is 6.09. The van der Waals surface area contributed by atoms with Gasteiger partial charge in [0.1, 0.15) is 0 Å². The van der Waals surface area contributed by atoms with Crippen LogP contribution >= 0.6 is 0 Å². The number of aromatic nitrogens is 1. The van der Waals surface area contributed by atoms with Crippen molar-refractivity contribution in [1.82, 2.24) is 10.3 Å². The number of benzene rings is 1. The van der Waals surface area contributed by atoms with E-state index >= 15 is 0 Å². The number of ether oxygens (including phenoxy) is 1. The molecule has 3 rings (SSSR count). The first-order valence-corrected chi connectivity index (χ1v) is 7.98. The second-order valence-corrected chi connectivity index (χ2v) is 5.89. The molecule has 1 N–H and O–H groups in total. The minimum absolute atomic E-state index is 0.365. The molecule has 0 saturated carbocycles. The summed E-state index contributed by atoms with van der Waals surface area (Å²) in [5.41, 5.74) is 3.48. The van der Waals surface area contributed by atoms with Gasteiger partial charge in [-0.05, 0) is 56.5 Å². The first kappa shape index (κ1) is 14.5. The molecule has 2 heterocycles. The van der Waals surface area contributed by atoms with Crippen LogP contribution in [0.4, 0.5) is 0 Å². The predicted octanol–water partition coefficient (Wildman–Crippen LogP) is 3.76. The first-order valence-electron chi connectivity index (χ1n) is 7.98. The second kappa shape index (κ2) is 6.54. The van der Waals surface area contributed by atoms with E-state index in [-0.39, 0.29) is 0 Å². The highest BCUT2D eigenvalue weighted by atomic mass is 16.5. The molecule has 1 aromatic heterocycles. The van der Waals surface area contributed by atoms with Crippen molar-refractivity contribution >= 4 is 10.9 Å². The fraction of sp³-hybridized carbons (Fsp3) is 0.500. The van der Waals surface area contributed by atoms with E-state index in [4.69, 9.17) is 4.74 Å². The van der Waals surface area contributed by atoms with Crippen molar-refractivity contribution in [2.45, 2.75) is 45.3 Å². The van der Waals surface area contributed by atoms with E-state index in [1.807, 2.05) is 6.92 Å². The summed E-state index contributed by atoms with van der Waals surface area (Å²) in [5, 5.41) is 4.82. The number of nitrogens with zero attached hydrogens (tertiary/aromatic N) is 1. The molecule has 1 aromatic carbocycles. The maximum absolute atomic E-state index is 5.80. The van der Waals surface area contributed by atoms with Gasteiger partial charge in [0.25, 0.3) is 0 Å². The van der Waals surface area contributed by atoms with Gasteiger partial charge in [0, 0.05) is 23.7 Å². The van der Waals surface area contributed by atoms with Gasteiger partial charge < -0.3 is 10.1 Å². The summed E-state index contributed by atoms with van der Waals surface area (Å²) in [6.07, 6.45) is 3.85. The van der Waals surface area contributed by atoms with Crippen molar-refractivity contribution in [2.75, 3.05) is 13.2 Å². The van der Waals surface area contributed by atoms with Gasteiger partial charge >= 0.3 is 0 Å². The molecular formula is C18H24N2O. The average molecular weight is 284 g/mol. The van der Waals surface area contributed by atoms with Crippen LogP contribution < -0.4 is 5.32 Å². The van der Waals surface area contributed by atoms with Gasteiger partial charge in [-0.1, -0.05) is 19.1 Å². The Balaban J connectivity index is 1.85. The lowest BCUT2D eigenvalue weighted by Gasteiger charge is -2.22. The van der Waals surface area contributed by atoms with Gasteiger partial charge in [-0.2, -0.15) is 0 Å². The highest BCUT2D eigenvalue weighted by Crippen LogP contribution is 2.27. The zero-order valence-electron chi connectivity index (χ0n) is 12.9. The Morgan fingerprint density at radius 2 is 2.24 bits per heavy atom. The molecule has 2 aromatic rings. The molecule has 0 spiro atoms. The van der Waals surface area contributed by atoms with Crippen LogP contribution in [-0.2, 0) is 4.74 Å². The minimum Gasteiger partial charge on any atom is -0.378 e. The molecule has 3 heteroatoms. The third-order valence-corrected chi connectivity index (χ3v) is 4.23. The van der Waals surface area contributed by atoms with Gasteiger partial charge in [0.2, 0.25) is 0 Å². The highest BCUT2D eigenvalue weighted by Gasteiger charge is 2.21. The number of rotatable bonds is 5. The standard InChI is InChI=1S/C18H24N2O/c1-3-19-18(12-16-5-4-10-21-16)15-8-9-17-14(11-15)7-6-13(2)20-17/h6-9,11,16,18-19H,3-5,10,12H2,1-2H3. The van der Waals surface area contributed by atoms with Crippen molar-refractivity contribution in [1.29, 1.82) is 0 Å². The predicted molar refractivity (Wildman–Crippen MR) is 86.5 cm³/mol. The third-order valence-electron chi connectivity index (χ3n) is 4.23. The quantitative estimate of drug-likeness (QED) is 0.907. The molecule has 1 aliphatic heterocycles. The van der Waals surface area contributed by atoms with Crippen molar-refractivity contribution in [3.05, 3.63) is 41.6 Å². The number of hydrogen-bond donors (Lipinski definition) is 1. The average Bonchev–Trinajstić information content (AvgIpc) is 2.99. The number of aryl methyl sites for hydroxylation is 1. The lowest BCUT2D eigenvalue weighted by atomic mass is 9.97. The Labute approximate surface area is 126 Å². The Kier molecular flexibility index (Phi) is 4.51. The molecule has 2 atom stereocenters. The molecule has 0 aliphatic carbocycles. The summed E-state index contributed by atoms with van der Waals surface area (Å²) in [5.74, 6) is 0. The molecule has 0 amide bonds. The molecule has 112 valence electrons. The van der Waals surface area contributed by atoms with Gasteiger partial charge in [-0.15, -0.1) is 0 Å². The van der Waals surface area contributed by atoms with E-state index in [0.29, 0.717) is 12.1 Å². The van der Waals surface area contributed by atoms with Crippen LogP contribution in [0, 0.1) is 6.92 Å². The van der Waals surface area contributed by atoms with Crippen LogP contribution in [0.3, 0.4) is 0 Å². The third kappa shape index (κ3) is 3.42. The van der Waals surface area contributed by atoms with E-state index in [1.54, 1.807) is 0 Å². The minimum atomic E-state index is 0.365. The van der Waals surface area contributed by atoms with Gasteiger partial charge in [-0.25, -0.2) is 0 Å². The Morgan fingerprint density at radius 3 is 3.00 bits per heavy atom. The lowest BCUT2D eigenvalue weighted by Crippen LogP contribution is -2.25. The smallest absolute Gasteiger partial charge is 0.0705 e. The van der Waals surface area contributed by atoms with Crippen molar-refractivity contribution in [3.63, 3.8) is 0 Å². The van der Waals surface area contributed by atoms with Crippen LogP contribution in [0.15, 0.2) is 30.3 Å². The highest BCUT2D eigenvalue weighted by molar-refractivity contribution is 5.79. The Hall–Kier alpha value is -1.45. The van der Waals surface area contributed by atoms with Crippen LogP contribution in [0.1, 0.15) is 43.5 Å². The normalized spacial score (nSPS) is 20.0. The summed E-state index contributed by atoms with van der Waals surface area (Å²) in [7, 11) is 0. The number of nitrogens with one attached hydrogen (secondary N) is 1. The zero-order valence-corrected chi connectivity index (χ0v) is 12.9. The molecule has 0 radical (unpaired) electrons. The number of fused-ring (bicyclic) bond motifs is 1. The van der Waals surface area contributed by atoms with Crippen LogP contribution in [-0.4, -0.2) is 24.2 Å². The largest absolute Gasteiger partial charge is 0.378 e. The zero-order chi connectivity index (χ0) is 14.7. The second-order valence-electron chi connectivity index (χ2n) is 5.89. The van der Waals surface area contributed by atoms with E-state index in [1.165, 1.54) is 23.8 Å². The summed E-state index contributed by atoms with van der Waals surface area (Å²) in [6, 6.07) is 11.2. The molecule has 0 bridgehead atoms. The topological polar surface area (TPSA) is 34.1 Å². The number of pyridine rings is 1. The van der Waals surface area contributed by atoms with Crippen molar-refractivity contribution < 1.29 is 4.74 Å². The monoisotopic (exact) mass is 284 g/mol. The molecule has 1 saturated heterocycles. The number of hydrogen-bond acceptors (Lipinski definition) is 3. The van der Waals surface area contributed by atoms with Gasteiger partial charge in [-0.3, -0.25) is 4.98 Å². The van der Waals surface area contributed by atoms with E-state index in [2.05, 4.69) is 47.6 Å². The van der Waals surface area contributed by atoms with Crippen molar-refractivity contribution in [3.8, 4) is 0 Å². The fourth-order valence-corrected chi connectivity index (χ4v) is 3.14. The van der Waals surface area contributed by atoms with E-state index in [0.717, 1.165) is 30.8 Å². The molecule has 1 aliphatic rings. The maximum Gasteiger partial charge on any atom is 0.0705 e. The molecule has 1 fully saturated rings. The lowest BCUT2D eigenvalue weighted by molar-refractivity contribution is 0.0948. The Morgan fingerprint density at radius 1 is 1.33 bits per heavy atom. The summed E-state index contributed by atoms with van der Waals surface area (Å²) in [4.78, 5) is 4.58.